The second-order valence-electron chi connectivity index (χ2n) is 12.2. The molecule has 34 heavy (non-hydrogen) atoms. The molecule has 0 unspecified atom stereocenters. The Bertz CT molecular complexity index is 972. The van der Waals surface area contributed by atoms with Gasteiger partial charge in [0, 0.05) is 17.9 Å². The van der Waals surface area contributed by atoms with Gasteiger partial charge in [0.15, 0.2) is 0 Å². The molecular weight excluding hydrogens is 422 g/mol. The quantitative estimate of drug-likeness (QED) is 0.260. The summed E-state index contributed by atoms with van der Waals surface area (Å²) in [5.74, 6) is 1.12. The number of nitrogens with one attached hydrogen (secondary N) is 1. The van der Waals surface area contributed by atoms with E-state index in [9.17, 15) is 14.7 Å². The summed E-state index contributed by atoms with van der Waals surface area (Å²) in [6, 6.07) is 0. The molecule has 4 nitrogen and oxygen atoms in total. The van der Waals surface area contributed by atoms with Crippen molar-refractivity contribution < 1.29 is 14.7 Å². The van der Waals surface area contributed by atoms with Gasteiger partial charge in [0.05, 0.1) is 6.26 Å². The van der Waals surface area contributed by atoms with Crippen LogP contribution in [0.25, 0.3) is 0 Å². The molecule has 0 heterocycles. The van der Waals surface area contributed by atoms with E-state index in [1.165, 1.54) is 5.57 Å². The topological polar surface area (TPSA) is 66.4 Å². The second-order valence-corrected chi connectivity index (χ2v) is 12.2. The molecule has 0 aromatic heterocycles. The van der Waals surface area contributed by atoms with Crippen LogP contribution in [0.2, 0.25) is 0 Å². The van der Waals surface area contributed by atoms with Crippen LogP contribution in [0.4, 0.5) is 0 Å². The number of aliphatic hydroxyl groups is 1. The predicted molar refractivity (Wildman–Crippen MR) is 139 cm³/mol. The summed E-state index contributed by atoms with van der Waals surface area (Å²) < 4.78 is 0. The number of hydrogen-bond donors (Lipinski definition) is 2. The first-order chi connectivity index (χ1) is 15.8. The lowest BCUT2D eigenvalue weighted by Crippen LogP contribution is -2.58. The van der Waals surface area contributed by atoms with Gasteiger partial charge in [-0.25, -0.2) is 0 Å². The van der Waals surface area contributed by atoms with Gasteiger partial charge in [0.2, 0.25) is 5.91 Å². The third kappa shape index (κ3) is 4.01. The van der Waals surface area contributed by atoms with Gasteiger partial charge in [0.25, 0.3) is 0 Å². The zero-order valence-electron chi connectivity index (χ0n) is 22.5. The van der Waals surface area contributed by atoms with Gasteiger partial charge >= 0.3 is 0 Å². The van der Waals surface area contributed by atoms with Crippen LogP contribution in [-0.4, -0.2) is 22.8 Å². The van der Waals surface area contributed by atoms with Gasteiger partial charge in [-0.05, 0) is 97.8 Å². The number of aldehydes is 1. The maximum absolute atomic E-state index is 12.0. The number of hydrogen-bond acceptors (Lipinski definition) is 3. The number of allylic oxidation sites excluding steroid dienone is 7. The normalized spacial score (nSPS) is 41.9. The fourth-order valence-electron chi connectivity index (χ4n) is 7.91. The summed E-state index contributed by atoms with van der Waals surface area (Å²) in [6.45, 7) is 17.6. The van der Waals surface area contributed by atoms with Crippen molar-refractivity contribution in [3.05, 3.63) is 46.8 Å². The average Bonchev–Trinajstić information content (AvgIpc) is 2.78. The second kappa shape index (κ2) is 9.17. The van der Waals surface area contributed by atoms with Crippen molar-refractivity contribution in [2.24, 2.45) is 28.1 Å². The molecule has 6 atom stereocenters. The Kier molecular flexibility index (Phi) is 7.14. The van der Waals surface area contributed by atoms with E-state index in [4.69, 9.17) is 0 Å². The van der Waals surface area contributed by atoms with Crippen molar-refractivity contribution in [3.8, 4) is 0 Å². The minimum Gasteiger partial charge on any atom is -0.515 e. The van der Waals surface area contributed by atoms with Crippen molar-refractivity contribution >= 4 is 12.2 Å². The fourth-order valence-corrected chi connectivity index (χ4v) is 7.91. The molecule has 0 aromatic rings. The highest BCUT2D eigenvalue weighted by Gasteiger charge is 2.61. The summed E-state index contributed by atoms with van der Waals surface area (Å²) in [7, 11) is 0. The largest absolute Gasteiger partial charge is 0.515 e. The molecule has 1 amide bonds. The summed E-state index contributed by atoms with van der Waals surface area (Å²) in [5.41, 5.74) is 3.73. The zero-order chi connectivity index (χ0) is 25.5. The van der Waals surface area contributed by atoms with Crippen molar-refractivity contribution in [2.45, 2.75) is 99.5 Å². The SMILES string of the molecule is CC[C@]1(C)C2=CC=C(/C(C)=C/O)/C(=C\C=O)[C@]2(C)CC[C@@]1(C)[C@@H]1C[C@](C)(NC(C)=O)CC[C@H]1C. The number of amides is 1. The smallest absolute Gasteiger partial charge is 0.217 e. The molecule has 0 radical (unpaired) electrons. The molecule has 2 fully saturated rings. The van der Waals surface area contributed by atoms with E-state index < -0.39 is 0 Å². The highest BCUT2D eigenvalue weighted by atomic mass is 16.2. The third-order valence-corrected chi connectivity index (χ3v) is 10.3. The van der Waals surface area contributed by atoms with Crippen molar-refractivity contribution in [2.75, 3.05) is 0 Å². The standard InChI is InChI=1S/C30H45NO3/c1-9-29(7)26-11-10-23(21(3)19-33)24(13-17-32)28(26,6)15-16-30(29,8)25-18-27(5,31-22(4)34)14-12-20(25)2/h10-11,13,17,19-20,25,33H,9,12,14-16,18H2,1-8H3,(H,31,34)/b21-19+,24-13+/t20-,25-,27-,28+,29-,30+/m1/s1. The summed E-state index contributed by atoms with van der Waals surface area (Å²) in [6.07, 6.45) is 14.3. The first-order valence-corrected chi connectivity index (χ1v) is 13.0. The molecule has 2 saturated carbocycles. The fraction of sp³-hybridized carbons (Fsp3) is 0.667. The van der Waals surface area contributed by atoms with Gasteiger partial charge in [-0.1, -0.05) is 52.3 Å². The molecule has 0 bridgehead atoms. The molecule has 188 valence electrons. The minimum absolute atomic E-state index is 0.0547. The van der Waals surface area contributed by atoms with E-state index in [-0.39, 0.29) is 27.7 Å². The molecular formula is C30H45NO3. The number of fused-ring (bicyclic) bond motifs is 1. The molecule has 3 aliphatic rings. The Morgan fingerprint density at radius 3 is 2.38 bits per heavy atom. The van der Waals surface area contributed by atoms with Crippen LogP contribution in [0.3, 0.4) is 0 Å². The van der Waals surface area contributed by atoms with E-state index in [1.54, 1.807) is 13.0 Å². The lowest BCUT2D eigenvalue weighted by molar-refractivity contribution is -0.123. The Hall–Kier alpha value is -2.10. The Morgan fingerprint density at radius 2 is 1.82 bits per heavy atom. The van der Waals surface area contributed by atoms with Gasteiger partial charge in [0.1, 0.15) is 6.29 Å². The Labute approximate surface area is 206 Å². The number of carbonyl (C=O) groups is 2. The summed E-state index contributed by atoms with van der Waals surface area (Å²) in [5, 5.41) is 13.0. The Balaban J connectivity index is 2.15. The van der Waals surface area contributed by atoms with Crippen molar-refractivity contribution in [1.82, 2.24) is 5.32 Å². The minimum atomic E-state index is -0.252. The van der Waals surface area contributed by atoms with E-state index in [0.717, 1.165) is 67.8 Å². The summed E-state index contributed by atoms with van der Waals surface area (Å²) >= 11 is 0. The van der Waals surface area contributed by atoms with Crippen LogP contribution in [0.1, 0.15) is 93.9 Å². The maximum atomic E-state index is 12.0. The highest BCUT2D eigenvalue weighted by Crippen LogP contribution is 2.69. The van der Waals surface area contributed by atoms with E-state index >= 15 is 0 Å². The van der Waals surface area contributed by atoms with Crippen LogP contribution >= 0.6 is 0 Å². The molecule has 4 heteroatoms. The molecule has 3 rings (SSSR count). The van der Waals surface area contributed by atoms with Crippen LogP contribution in [-0.2, 0) is 9.59 Å². The van der Waals surface area contributed by atoms with E-state index in [1.807, 2.05) is 6.92 Å². The summed E-state index contributed by atoms with van der Waals surface area (Å²) in [4.78, 5) is 23.7. The highest BCUT2D eigenvalue weighted by molar-refractivity contribution is 5.74. The van der Waals surface area contributed by atoms with Crippen LogP contribution in [0.15, 0.2) is 46.8 Å². The lowest BCUT2D eigenvalue weighted by Gasteiger charge is -2.64. The van der Waals surface area contributed by atoms with Crippen LogP contribution in [0.5, 0.6) is 0 Å². The van der Waals surface area contributed by atoms with E-state index in [0.29, 0.717) is 11.8 Å². The first-order valence-electron chi connectivity index (χ1n) is 13.0. The molecule has 0 aromatic carbocycles. The lowest BCUT2D eigenvalue weighted by atomic mass is 9.40. The number of rotatable bonds is 5. The number of aliphatic hydroxyl groups excluding tert-OH is 1. The molecule has 0 spiro atoms. The van der Waals surface area contributed by atoms with Gasteiger partial charge in [-0.15, -0.1) is 0 Å². The monoisotopic (exact) mass is 467 g/mol. The van der Waals surface area contributed by atoms with Crippen LogP contribution in [0, 0.1) is 28.1 Å². The van der Waals surface area contributed by atoms with Gasteiger partial charge in [-0.3, -0.25) is 9.59 Å². The average molecular weight is 468 g/mol. The van der Waals surface area contributed by atoms with Gasteiger partial charge < -0.3 is 10.4 Å². The van der Waals surface area contributed by atoms with Gasteiger partial charge in [-0.2, -0.15) is 0 Å². The molecule has 0 saturated heterocycles. The first kappa shape index (κ1) is 26.5. The number of carbonyl (C=O) groups excluding carboxylic acids is 2. The molecule has 0 aliphatic heterocycles. The molecule has 3 aliphatic carbocycles. The molecule has 2 N–H and O–H groups in total. The third-order valence-electron chi connectivity index (χ3n) is 10.3. The van der Waals surface area contributed by atoms with Crippen molar-refractivity contribution in [3.63, 3.8) is 0 Å². The maximum Gasteiger partial charge on any atom is 0.217 e. The zero-order valence-corrected chi connectivity index (χ0v) is 22.5. The van der Waals surface area contributed by atoms with E-state index in [2.05, 4.69) is 59.0 Å². The Morgan fingerprint density at radius 1 is 1.15 bits per heavy atom. The van der Waals surface area contributed by atoms with Crippen molar-refractivity contribution in [1.29, 1.82) is 0 Å². The predicted octanol–water partition coefficient (Wildman–Crippen LogP) is 6.99. The van der Waals surface area contributed by atoms with Crippen LogP contribution < -0.4 is 5.32 Å².